The molecular weight excluding hydrogens is 382 g/mol. The van der Waals surface area contributed by atoms with E-state index in [1.807, 2.05) is 42.5 Å². The molecule has 0 bridgehead atoms. The lowest BCUT2D eigenvalue weighted by Gasteiger charge is -2.30. The number of amides is 1. The predicted octanol–water partition coefficient (Wildman–Crippen LogP) is 3.76. The third-order valence-corrected chi connectivity index (χ3v) is 6.22. The van der Waals surface area contributed by atoms with Gasteiger partial charge in [0.05, 0.1) is 12.1 Å². The van der Waals surface area contributed by atoms with Gasteiger partial charge in [0, 0.05) is 18.3 Å². The van der Waals surface area contributed by atoms with Gasteiger partial charge in [-0.05, 0) is 61.4 Å². The Morgan fingerprint density at radius 3 is 2.63 bits per heavy atom. The van der Waals surface area contributed by atoms with E-state index in [1.165, 1.54) is 5.56 Å². The van der Waals surface area contributed by atoms with E-state index in [9.17, 15) is 9.59 Å². The van der Waals surface area contributed by atoms with Crippen molar-refractivity contribution in [2.45, 2.75) is 43.7 Å². The Kier molecular flexibility index (Phi) is 5.04. The van der Waals surface area contributed by atoms with Crippen LogP contribution in [0.2, 0.25) is 0 Å². The summed E-state index contributed by atoms with van der Waals surface area (Å²) in [5.74, 6) is 0.0685. The number of ether oxygens (including phenoxy) is 1. The highest BCUT2D eigenvalue weighted by Crippen LogP contribution is 2.34. The minimum atomic E-state index is -0.409. The number of hydrogen-bond acceptors (Lipinski definition) is 5. The summed E-state index contributed by atoms with van der Waals surface area (Å²) in [5, 5.41) is 3.59. The number of fused-ring (bicyclic) bond motifs is 1. The number of H-pyrrole nitrogens is 1. The first-order valence-corrected chi connectivity index (χ1v) is 10.5. The number of rotatable bonds is 5. The number of anilines is 1. The molecule has 7 nitrogen and oxygen atoms in total. The fourth-order valence-electron chi connectivity index (χ4n) is 4.59. The number of carbonyl (C=O) groups is 1. The molecule has 3 aromatic rings. The van der Waals surface area contributed by atoms with E-state index in [0.29, 0.717) is 30.6 Å². The molecular formula is C23H25N3O4. The fraction of sp³-hybridized carbons (Fsp3) is 0.391. The summed E-state index contributed by atoms with van der Waals surface area (Å²) in [6.07, 6.45) is 3.90. The van der Waals surface area contributed by atoms with Crippen LogP contribution < -0.4 is 16.0 Å². The summed E-state index contributed by atoms with van der Waals surface area (Å²) >= 11 is 0. The maximum Gasteiger partial charge on any atom is 0.417 e. The lowest BCUT2D eigenvalue weighted by atomic mass is 9.81. The van der Waals surface area contributed by atoms with Crippen LogP contribution in [0.15, 0.2) is 57.7 Å². The topological polar surface area (TPSA) is 87.6 Å². The first-order chi connectivity index (χ1) is 14.7. The van der Waals surface area contributed by atoms with Gasteiger partial charge in [-0.25, -0.2) is 9.59 Å². The number of carbonyl (C=O) groups excluding carboxylic acids is 1. The van der Waals surface area contributed by atoms with Gasteiger partial charge in [-0.1, -0.05) is 24.3 Å². The molecule has 1 atom stereocenters. The molecule has 156 valence electrons. The molecule has 1 aromatic heterocycles. The zero-order chi connectivity index (χ0) is 20.5. The molecule has 30 heavy (non-hydrogen) atoms. The maximum atomic E-state index is 12.2. The molecule has 7 heteroatoms. The molecule has 1 amide bonds. The standard InChI is InChI=1S/C23H25N3O4/c27-22-25-20-11-8-16(12-21(20)30-22)15-6-9-17(10-7-15)24-13-19-14-26(23(28)29-19)18-4-2-1-3-5-18/h1-5,8,11-12,15,17,19,24H,6-7,9-10,13-14H2,(H,25,27)/t15?,17?,19-/m1/s1. The molecule has 1 aliphatic carbocycles. The molecule has 2 N–H and O–H groups in total. The van der Waals surface area contributed by atoms with Gasteiger partial charge >= 0.3 is 11.8 Å². The van der Waals surface area contributed by atoms with E-state index >= 15 is 0 Å². The van der Waals surface area contributed by atoms with Crippen LogP contribution >= 0.6 is 0 Å². The van der Waals surface area contributed by atoms with E-state index in [1.54, 1.807) is 4.90 Å². The summed E-state index contributed by atoms with van der Waals surface area (Å²) < 4.78 is 10.7. The second-order valence-electron chi connectivity index (χ2n) is 8.18. The van der Waals surface area contributed by atoms with E-state index in [2.05, 4.69) is 16.4 Å². The molecule has 5 rings (SSSR count). The third kappa shape index (κ3) is 3.85. The molecule has 2 fully saturated rings. The van der Waals surface area contributed by atoms with Crippen LogP contribution in [0.3, 0.4) is 0 Å². The van der Waals surface area contributed by atoms with Crippen molar-refractivity contribution in [1.82, 2.24) is 10.3 Å². The Labute approximate surface area is 174 Å². The second kappa shape index (κ2) is 7.99. The molecule has 1 saturated heterocycles. The van der Waals surface area contributed by atoms with Crippen molar-refractivity contribution in [3.63, 3.8) is 0 Å². The number of nitrogens with one attached hydrogen (secondary N) is 2. The molecule has 2 heterocycles. The number of hydrogen-bond donors (Lipinski definition) is 2. The Morgan fingerprint density at radius 2 is 1.83 bits per heavy atom. The molecule has 0 spiro atoms. The number of aromatic amines is 1. The summed E-state index contributed by atoms with van der Waals surface area (Å²) in [7, 11) is 0. The Balaban J connectivity index is 1.12. The SMILES string of the molecule is O=C1O[C@H](CNC2CCC(c3ccc4[nH]c(=O)oc4c3)CC2)CN1c1ccccc1. The molecule has 1 aliphatic heterocycles. The molecule has 2 aliphatic rings. The summed E-state index contributed by atoms with van der Waals surface area (Å²) in [5.41, 5.74) is 3.48. The Bertz CT molecular complexity index is 1080. The van der Waals surface area contributed by atoms with E-state index in [0.717, 1.165) is 36.9 Å². The zero-order valence-electron chi connectivity index (χ0n) is 16.7. The number of oxazole rings is 1. The predicted molar refractivity (Wildman–Crippen MR) is 114 cm³/mol. The summed E-state index contributed by atoms with van der Waals surface area (Å²) in [6, 6.07) is 16.1. The molecule has 0 radical (unpaired) electrons. The van der Waals surface area contributed by atoms with Crippen molar-refractivity contribution in [2.75, 3.05) is 18.0 Å². The van der Waals surface area contributed by atoms with Crippen molar-refractivity contribution in [2.24, 2.45) is 0 Å². The normalized spacial score (nSPS) is 24.3. The van der Waals surface area contributed by atoms with Crippen molar-refractivity contribution in [1.29, 1.82) is 0 Å². The Hall–Kier alpha value is -3.06. The van der Waals surface area contributed by atoms with E-state index in [-0.39, 0.29) is 12.2 Å². The minimum Gasteiger partial charge on any atom is -0.443 e. The van der Waals surface area contributed by atoms with Gasteiger partial charge in [-0.2, -0.15) is 0 Å². The van der Waals surface area contributed by atoms with Gasteiger partial charge in [-0.3, -0.25) is 9.88 Å². The van der Waals surface area contributed by atoms with Crippen LogP contribution in [0.1, 0.15) is 37.2 Å². The third-order valence-electron chi connectivity index (χ3n) is 6.22. The van der Waals surface area contributed by atoms with Gasteiger partial charge < -0.3 is 14.5 Å². The van der Waals surface area contributed by atoms with Crippen molar-refractivity contribution >= 4 is 22.9 Å². The van der Waals surface area contributed by atoms with Gasteiger partial charge in [0.1, 0.15) is 6.10 Å². The first kappa shape index (κ1) is 18.9. The van der Waals surface area contributed by atoms with Gasteiger partial charge in [0.2, 0.25) is 0 Å². The van der Waals surface area contributed by atoms with E-state index < -0.39 is 5.76 Å². The van der Waals surface area contributed by atoms with Crippen LogP contribution in [0.25, 0.3) is 11.1 Å². The van der Waals surface area contributed by atoms with Crippen LogP contribution in [-0.4, -0.2) is 36.3 Å². The number of benzene rings is 2. The highest BCUT2D eigenvalue weighted by molar-refractivity contribution is 5.89. The van der Waals surface area contributed by atoms with Crippen LogP contribution in [0, 0.1) is 0 Å². The lowest BCUT2D eigenvalue weighted by Crippen LogP contribution is -2.39. The maximum absolute atomic E-state index is 12.2. The second-order valence-corrected chi connectivity index (χ2v) is 8.18. The van der Waals surface area contributed by atoms with Crippen molar-refractivity contribution in [3.05, 3.63) is 64.6 Å². The van der Waals surface area contributed by atoms with E-state index in [4.69, 9.17) is 9.15 Å². The largest absolute Gasteiger partial charge is 0.443 e. The van der Waals surface area contributed by atoms with Crippen LogP contribution in [0.4, 0.5) is 10.5 Å². The van der Waals surface area contributed by atoms with Gasteiger partial charge in [-0.15, -0.1) is 0 Å². The number of aromatic nitrogens is 1. The Morgan fingerprint density at radius 1 is 1.03 bits per heavy atom. The van der Waals surface area contributed by atoms with Crippen molar-refractivity contribution < 1.29 is 13.9 Å². The molecule has 1 saturated carbocycles. The quantitative estimate of drug-likeness (QED) is 0.672. The zero-order valence-corrected chi connectivity index (χ0v) is 16.7. The highest BCUT2D eigenvalue weighted by atomic mass is 16.6. The minimum absolute atomic E-state index is 0.130. The van der Waals surface area contributed by atoms with Crippen LogP contribution in [-0.2, 0) is 4.74 Å². The molecule has 0 unspecified atom stereocenters. The lowest BCUT2D eigenvalue weighted by molar-refractivity contribution is 0.136. The average molecular weight is 407 g/mol. The number of para-hydroxylation sites is 1. The first-order valence-electron chi connectivity index (χ1n) is 10.5. The molecule has 2 aromatic carbocycles. The monoisotopic (exact) mass is 407 g/mol. The highest BCUT2D eigenvalue weighted by Gasteiger charge is 2.33. The number of nitrogens with zero attached hydrogens (tertiary/aromatic N) is 1. The summed E-state index contributed by atoms with van der Waals surface area (Å²) in [4.78, 5) is 27.9. The van der Waals surface area contributed by atoms with Crippen LogP contribution in [0.5, 0.6) is 0 Å². The van der Waals surface area contributed by atoms with Gasteiger partial charge in [0.25, 0.3) is 0 Å². The smallest absolute Gasteiger partial charge is 0.417 e. The fourth-order valence-corrected chi connectivity index (χ4v) is 4.59. The average Bonchev–Trinajstić information content (AvgIpc) is 3.34. The van der Waals surface area contributed by atoms with Crippen molar-refractivity contribution in [3.8, 4) is 0 Å². The van der Waals surface area contributed by atoms with Gasteiger partial charge in [0.15, 0.2) is 5.58 Å². The number of cyclic esters (lactones) is 1. The summed E-state index contributed by atoms with van der Waals surface area (Å²) in [6.45, 7) is 1.25.